The highest BCUT2D eigenvalue weighted by molar-refractivity contribution is 7.91. The van der Waals surface area contributed by atoms with Gasteiger partial charge in [0, 0.05) is 0 Å². The number of sulfone groups is 1. The predicted molar refractivity (Wildman–Crippen MR) is 93.5 cm³/mol. The predicted octanol–water partition coefficient (Wildman–Crippen LogP) is 0.768. The van der Waals surface area contributed by atoms with Crippen LogP contribution in [0.2, 0.25) is 0 Å². The maximum Gasteiger partial charge on any atom is 0.342 e. The normalized spacial score (nSPS) is 18.5. The molecule has 0 radical (unpaired) electrons. The van der Waals surface area contributed by atoms with E-state index in [-0.39, 0.29) is 65.2 Å². The fourth-order valence-corrected chi connectivity index (χ4v) is 4.66. The van der Waals surface area contributed by atoms with Gasteiger partial charge in [-0.1, -0.05) is 0 Å². The highest BCUT2D eigenvalue weighted by Crippen LogP contribution is 2.29. The third kappa shape index (κ3) is 3.87. The Morgan fingerprint density at radius 3 is 2.67 bits per heavy atom. The van der Waals surface area contributed by atoms with Crippen LogP contribution in [0.15, 0.2) is 4.42 Å². The van der Waals surface area contributed by atoms with Crippen LogP contribution in [0.25, 0.3) is 11.1 Å². The van der Waals surface area contributed by atoms with Crippen molar-refractivity contribution in [2.24, 2.45) is 5.92 Å². The number of nitrogens with zero attached hydrogens (tertiary/aromatic N) is 2. The van der Waals surface area contributed by atoms with E-state index in [9.17, 15) is 18.0 Å². The molecule has 2 aromatic heterocycles. The van der Waals surface area contributed by atoms with Gasteiger partial charge in [0.25, 0.3) is 0 Å². The second-order valence-corrected chi connectivity index (χ2v) is 8.40. The zero-order valence-electron chi connectivity index (χ0n) is 14.9. The molecule has 1 saturated heterocycles. The summed E-state index contributed by atoms with van der Waals surface area (Å²) in [5.41, 5.74) is 6.17. The molecule has 1 aliphatic rings. The summed E-state index contributed by atoms with van der Waals surface area (Å²) in [5.74, 6) is -1.77. The lowest BCUT2D eigenvalue weighted by molar-refractivity contribution is -0.149. The van der Waals surface area contributed by atoms with Crippen LogP contribution in [0.3, 0.4) is 0 Å². The molecule has 2 aromatic rings. The van der Waals surface area contributed by atoms with Crippen LogP contribution in [0, 0.1) is 12.8 Å². The molecular formula is C16H19N3O7S. The Morgan fingerprint density at radius 1 is 1.30 bits per heavy atom. The molecule has 2 N–H and O–H groups in total. The van der Waals surface area contributed by atoms with E-state index in [1.807, 2.05) is 0 Å². The molecule has 10 nitrogen and oxygen atoms in total. The van der Waals surface area contributed by atoms with E-state index in [4.69, 9.17) is 19.6 Å². The second-order valence-electron chi connectivity index (χ2n) is 6.17. The molecule has 0 bridgehead atoms. The molecule has 1 fully saturated rings. The first-order valence-electron chi connectivity index (χ1n) is 8.31. The number of nitrogen functional groups attached to an aromatic ring is 1. The zero-order chi connectivity index (χ0) is 19.8. The van der Waals surface area contributed by atoms with Crippen molar-refractivity contribution in [3.05, 3.63) is 17.1 Å². The van der Waals surface area contributed by atoms with Crippen molar-refractivity contribution in [1.29, 1.82) is 0 Å². The van der Waals surface area contributed by atoms with E-state index in [0.717, 1.165) is 0 Å². The van der Waals surface area contributed by atoms with Gasteiger partial charge in [0.1, 0.15) is 17.1 Å². The largest absolute Gasteiger partial charge is 0.462 e. The van der Waals surface area contributed by atoms with Gasteiger partial charge in [0.05, 0.1) is 29.4 Å². The maximum absolute atomic E-state index is 12.1. The molecule has 11 heteroatoms. The number of hydrogen-bond acceptors (Lipinski definition) is 10. The number of furan rings is 1. The molecule has 3 heterocycles. The standard InChI is InChI=1S/C16H19N3O7S/c1-3-24-16(21)11-8(2)26-14-12(11)13(17)18-10(19-14)6-25-15(20)9-4-5-27(22,23)7-9/h9H,3-7H2,1-2H3,(H2,17,18,19). The van der Waals surface area contributed by atoms with Gasteiger partial charge in [-0.25, -0.2) is 18.2 Å². The molecule has 3 rings (SSSR count). The maximum atomic E-state index is 12.1. The van der Waals surface area contributed by atoms with E-state index in [1.165, 1.54) is 0 Å². The molecule has 0 aromatic carbocycles. The van der Waals surface area contributed by atoms with Crippen molar-refractivity contribution in [1.82, 2.24) is 9.97 Å². The summed E-state index contributed by atoms with van der Waals surface area (Å²) < 4.78 is 38.5. The van der Waals surface area contributed by atoms with Crippen molar-refractivity contribution in [2.45, 2.75) is 26.9 Å². The highest BCUT2D eigenvalue weighted by Gasteiger charge is 2.34. The fraction of sp³-hybridized carbons (Fsp3) is 0.500. The molecule has 1 atom stereocenters. The van der Waals surface area contributed by atoms with Crippen LogP contribution in [-0.4, -0.2) is 48.4 Å². The van der Waals surface area contributed by atoms with Crippen molar-refractivity contribution in [3.8, 4) is 0 Å². The van der Waals surface area contributed by atoms with Crippen LogP contribution in [0.1, 0.15) is 35.3 Å². The molecule has 1 unspecified atom stereocenters. The molecule has 0 aliphatic carbocycles. The Bertz CT molecular complexity index is 1010. The Labute approximate surface area is 155 Å². The van der Waals surface area contributed by atoms with Crippen LogP contribution in [0.5, 0.6) is 0 Å². The minimum absolute atomic E-state index is 0.00519. The average molecular weight is 397 g/mol. The number of rotatable bonds is 5. The van der Waals surface area contributed by atoms with Crippen LogP contribution in [0.4, 0.5) is 5.82 Å². The summed E-state index contributed by atoms with van der Waals surface area (Å²) in [6.45, 7) is 3.16. The number of hydrogen-bond donors (Lipinski definition) is 1. The van der Waals surface area contributed by atoms with E-state index >= 15 is 0 Å². The molecule has 146 valence electrons. The van der Waals surface area contributed by atoms with Crippen molar-refractivity contribution in [3.63, 3.8) is 0 Å². The van der Waals surface area contributed by atoms with Gasteiger partial charge in [-0.05, 0) is 20.3 Å². The quantitative estimate of drug-likeness (QED) is 0.716. The lowest BCUT2D eigenvalue weighted by Crippen LogP contribution is -2.19. The van der Waals surface area contributed by atoms with Gasteiger partial charge in [0.15, 0.2) is 22.3 Å². The number of aromatic nitrogens is 2. The third-order valence-corrected chi connectivity index (χ3v) is 5.96. The lowest BCUT2D eigenvalue weighted by Gasteiger charge is -2.08. The zero-order valence-corrected chi connectivity index (χ0v) is 15.7. The minimum atomic E-state index is -3.18. The van der Waals surface area contributed by atoms with Gasteiger partial charge in [-0.3, -0.25) is 4.79 Å². The summed E-state index contributed by atoms with van der Waals surface area (Å²) >= 11 is 0. The van der Waals surface area contributed by atoms with Crippen molar-refractivity contribution in [2.75, 3.05) is 23.8 Å². The van der Waals surface area contributed by atoms with E-state index in [2.05, 4.69) is 9.97 Å². The smallest absolute Gasteiger partial charge is 0.342 e. The Morgan fingerprint density at radius 2 is 2.04 bits per heavy atom. The van der Waals surface area contributed by atoms with E-state index in [0.29, 0.717) is 0 Å². The third-order valence-electron chi connectivity index (χ3n) is 4.19. The Hall–Kier alpha value is -2.69. The van der Waals surface area contributed by atoms with Crippen LogP contribution in [-0.2, 0) is 30.7 Å². The Kier molecular flexibility index (Phi) is 5.05. The van der Waals surface area contributed by atoms with Gasteiger partial charge in [0.2, 0.25) is 5.71 Å². The molecule has 0 saturated carbocycles. The summed E-state index contributed by atoms with van der Waals surface area (Å²) in [6.07, 6.45) is 0.240. The summed E-state index contributed by atoms with van der Waals surface area (Å²) in [6, 6.07) is 0. The van der Waals surface area contributed by atoms with Crippen LogP contribution < -0.4 is 5.73 Å². The van der Waals surface area contributed by atoms with Gasteiger partial charge in [-0.2, -0.15) is 4.98 Å². The highest BCUT2D eigenvalue weighted by atomic mass is 32.2. The number of carbonyl (C=O) groups excluding carboxylic acids is 2. The SMILES string of the molecule is CCOC(=O)c1c(C)oc2nc(COC(=O)C3CCS(=O)(=O)C3)nc(N)c12. The van der Waals surface area contributed by atoms with E-state index in [1.54, 1.807) is 13.8 Å². The first-order valence-corrected chi connectivity index (χ1v) is 10.1. The van der Waals surface area contributed by atoms with Gasteiger partial charge < -0.3 is 19.6 Å². The number of aryl methyl sites for hydroxylation is 1. The molecular weight excluding hydrogens is 378 g/mol. The molecule has 0 amide bonds. The summed E-state index contributed by atoms with van der Waals surface area (Å²) in [7, 11) is -3.18. The number of esters is 2. The van der Waals surface area contributed by atoms with Crippen molar-refractivity contribution < 1.29 is 31.9 Å². The molecule has 0 spiro atoms. The molecule has 27 heavy (non-hydrogen) atoms. The number of ether oxygens (including phenoxy) is 2. The fourth-order valence-electron chi connectivity index (χ4n) is 2.93. The minimum Gasteiger partial charge on any atom is -0.462 e. The number of carbonyl (C=O) groups is 2. The lowest BCUT2D eigenvalue weighted by atomic mass is 10.1. The van der Waals surface area contributed by atoms with E-state index < -0.39 is 27.7 Å². The monoisotopic (exact) mass is 397 g/mol. The van der Waals surface area contributed by atoms with Crippen LogP contribution >= 0.6 is 0 Å². The average Bonchev–Trinajstić information content (AvgIpc) is 3.12. The number of fused-ring (bicyclic) bond motifs is 1. The van der Waals surface area contributed by atoms with Gasteiger partial charge >= 0.3 is 11.9 Å². The van der Waals surface area contributed by atoms with Gasteiger partial charge in [-0.15, -0.1) is 0 Å². The topological polar surface area (TPSA) is 152 Å². The summed E-state index contributed by atoms with van der Waals surface area (Å²) in [5, 5.41) is 0.239. The Balaban J connectivity index is 1.79. The second kappa shape index (κ2) is 7.14. The first kappa shape index (κ1) is 19.1. The summed E-state index contributed by atoms with van der Waals surface area (Å²) in [4.78, 5) is 32.3. The molecule has 1 aliphatic heterocycles. The van der Waals surface area contributed by atoms with Crippen molar-refractivity contribution >= 4 is 38.7 Å². The first-order chi connectivity index (χ1) is 12.7. The number of anilines is 1. The number of nitrogens with two attached hydrogens (primary N) is 1.